The molecule has 3 aromatic carbocycles. The molecule has 1 atom stereocenters. The Hall–Kier alpha value is -5.31. The minimum absolute atomic E-state index is 0.212. The summed E-state index contributed by atoms with van der Waals surface area (Å²) in [7, 11) is 0. The highest BCUT2D eigenvalue weighted by molar-refractivity contribution is 6.51. The van der Waals surface area contributed by atoms with Crippen molar-refractivity contribution in [2.75, 3.05) is 17.0 Å². The van der Waals surface area contributed by atoms with E-state index in [0.29, 0.717) is 17.4 Å². The molecule has 0 aliphatic carbocycles. The Bertz CT molecular complexity index is 1790. The van der Waals surface area contributed by atoms with Crippen molar-refractivity contribution >= 4 is 34.6 Å². The fraction of sp³-hybridized carbons (Fsp3) is 0.100. The van der Waals surface area contributed by atoms with E-state index in [2.05, 4.69) is 16.3 Å². The van der Waals surface area contributed by atoms with E-state index in [1.54, 1.807) is 6.26 Å². The van der Waals surface area contributed by atoms with Gasteiger partial charge in [0.1, 0.15) is 11.8 Å². The molecule has 39 heavy (non-hydrogen) atoms. The van der Waals surface area contributed by atoms with E-state index in [9.17, 15) is 0 Å². The van der Waals surface area contributed by atoms with Crippen LogP contribution in [-0.2, 0) is 0 Å². The van der Waals surface area contributed by atoms with E-state index in [1.165, 1.54) is 0 Å². The molecule has 2 aromatic heterocycles. The summed E-state index contributed by atoms with van der Waals surface area (Å²) in [6.45, 7) is 2.23. The number of benzene rings is 3. The maximum atomic E-state index is 6.04. The van der Waals surface area contributed by atoms with Gasteiger partial charge in [-0.05, 0) is 55.5 Å². The second-order valence-electron chi connectivity index (χ2n) is 9.44. The molecular formula is C30H22N6O3. The van der Waals surface area contributed by atoms with Crippen LogP contribution < -0.4 is 19.7 Å². The van der Waals surface area contributed by atoms with Crippen molar-refractivity contribution in [3.63, 3.8) is 0 Å². The number of aliphatic imine (C=N–C) groups is 2. The van der Waals surface area contributed by atoms with Crippen LogP contribution in [0.3, 0.4) is 0 Å². The number of nitrogens with zero attached hydrogens (tertiary/aromatic N) is 5. The Morgan fingerprint density at radius 3 is 2.59 bits per heavy atom. The summed E-state index contributed by atoms with van der Waals surface area (Å²) in [4.78, 5) is 12.4. The number of anilines is 2. The monoisotopic (exact) mass is 514 g/mol. The number of aromatic nitrogens is 2. The maximum Gasteiger partial charge on any atom is 0.231 e. The largest absolute Gasteiger partial charge is 0.467 e. The molecule has 9 nitrogen and oxygen atoms in total. The molecule has 5 heterocycles. The number of hydrogen-bond donors (Lipinski definition) is 1. The zero-order valence-corrected chi connectivity index (χ0v) is 20.9. The van der Waals surface area contributed by atoms with Gasteiger partial charge in [0.15, 0.2) is 29.0 Å². The summed E-state index contributed by atoms with van der Waals surface area (Å²) in [6.07, 6.45) is 1.70. The first-order valence-electron chi connectivity index (χ1n) is 12.7. The lowest BCUT2D eigenvalue weighted by Crippen LogP contribution is -2.46. The molecule has 1 N–H and O–H groups in total. The van der Waals surface area contributed by atoms with Crippen molar-refractivity contribution in [1.82, 2.24) is 9.78 Å². The van der Waals surface area contributed by atoms with Gasteiger partial charge in [-0.25, -0.2) is 14.7 Å². The summed E-state index contributed by atoms with van der Waals surface area (Å²) in [5.74, 6) is 4.21. The first-order chi connectivity index (χ1) is 19.2. The van der Waals surface area contributed by atoms with E-state index < -0.39 is 0 Å². The van der Waals surface area contributed by atoms with E-state index in [-0.39, 0.29) is 12.8 Å². The molecule has 0 radical (unpaired) electrons. The number of nitrogens with one attached hydrogen (secondary N) is 1. The second kappa shape index (κ2) is 8.35. The van der Waals surface area contributed by atoms with Crippen LogP contribution in [0.1, 0.15) is 23.1 Å². The minimum Gasteiger partial charge on any atom is -0.467 e. The third-order valence-corrected chi connectivity index (χ3v) is 7.09. The smallest absolute Gasteiger partial charge is 0.231 e. The molecule has 0 amide bonds. The molecule has 0 spiro atoms. The average molecular weight is 515 g/mol. The van der Waals surface area contributed by atoms with Crippen LogP contribution in [0.15, 0.2) is 106 Å². The Labute approximate surface area is 223 Å². The Morgan fingerprint density at radius 1 is 0.872 bits per heavy atom. The molecule has 8 rings (SSSR count). The number of rotatable bonds is 3. The molecule has 0 saturated heterocycles. The van der Waals surface area contributed by atoms with Crippen molar-refractivity contribution < 1.29 is 13.9 Å². The van der Waals surface area contributed by atoms with Crippen LogP contribution in [-0.4, -0.2) is 28.2 Å². The molecule has 1 unspecified atom stereocenters. The van der Waals surface area contributed by atoms with Gasteiger partial charge in [-0.1, -0.05) is 30.3 Å². The van der Waals surface area contributed by atoms with Gasteiger partial charge < -0.3 is 24.1 Å². The Balaban J connectivity index is 1.35. The number of fused-ring (bicyclic) bond motifs is 5. The minimum atomic E-state index is -0.301. The molecule has 3 aliphatic rings. The predicted octanol–water partition coefficient (Wildman–Crippen LogP) is 6.30. The molecule has 0 fully saturated rings. The van der Waals surface area contributed by atoms with Gasteiger partial charge >= 0.3 is 0 Å². The molecule has 0 bridgehead atoms. The van der Waals surface area contributed by atoms with Gasteiger partial charge in [0.05, 0.1) is 34.6 Å². The highest BCUT2D eigenvalue weighted by Gasteiger charge is 2.42. The van der Waals surface area contributed by atoms with Crippen molar-refractivity contribution in [1.29, 1.82) is 0 Å². The average Bonchev–Trinajstić information content (AvgIpc) is 3.73. The summed E-state index contributed by atoms with van der Waals surface area (Å²) in [6, 6.07) is 27.4. The zero-order valence-electron chi connectivity index (χ0n) is 20.9. The van der Waals surface area contributed by atoms with Crippen LogP contribution in [0.2, 0.25) is 0 Å². The number of hydrogen-bond acceptors (Lipinski definition) is 8. The summed E-state index contributed by atoms with van der Waals surface area (Å²) in [5.41, 5.74) is 5.36. The Kier molecular flexibility index (Phi) is 4.66. The van der Waals surface area contributed by atoms with Gasteiger partial charge in [0, 0.05) is 11.8 Å². The van der Waals surface area contributed by atoms with Crippen molar-refractivity contribution in [2.24, 2.45) is 9.98 Å². The highest BCUT2D eigenvalue weighted by atomic mass is 16.7. The number of aryl methyl sites for hydroxylation is 1. The molecule has 9 heteroatoms. The predicted molar refractivity (Wildman–Crippen MR) is 148 cm³/mol. The number of para-hydroxylation sites is 3. The summed E-state index contributed by atoms with van der Waals surface area (Å²) >= 11 is 0. The first-order valence-corrected chi connectivity index (χ1v) is 12.7. The standard InChI is InChI=1S/C30H22N6O3/c1-18-26-27(24-12-7-15-37-24)35-22-11-6-5-10-21(22)32-28(31-19-13-14-23-25(16-19)39-17-38-23)30(35)33-29(26)36(34-18)20-8-3-2-4-9-20/h2-16,27H,17H2,1H3,(H,31,32). The quantitative estimate of drug-likeness (QED) is 0.304. The summed E-state index contributed by atoms with van der Waals surface area (Å²) in [5, 5.41) is 8.43. The number of furan rings is 1. The Morgan fingerprint density at radius 2 is 1.72 bits per heavy atom. The second-order valence-corrected chi connectivity index (χ2v) is 9.44. The van der Waals surface area contributed by atoms with Gasteiger partial charge in [-0.2, -0.15) is 5.10 Å². The van der Waals surface area contributed by atoms with Crippen LogP contribution >= 0.6 is 0 Å². The van der Waals surface area contributed by atoms with E-state index in [0.717, 1.165) is 51.3 Å². The lowest BCUT2D eigenvalue weighted by Gasteiger charge is -2.39. The van der Waals surface area contributed by atoms with E-state index in [1.807, 2.05) is 90.5 Å². The van der Waals surface area contributed by atoms with Crippen LogP contribution in [0.25, 0.3) is 5.69 Å². The highest BCUT2D eigenvalue weighted by Crippen LogP contribution is 2.48. The van der Waals surface area contributed by atoms with E-state index in [4.69, 9.17) is 29.0 Å². The lowest BCUT2D eigenvalue weighted by atomic mass is 9.98. The van der Waals surface area contributed by atoms with Gasteiger partial charge in [0.2, 0.25) is 6.79 Å². The van der Waals surface area contributed by atoms with Crippen molar-refractivity contribution in [3.05, 3.63) is 108 Å². The summed E-state index contributed by atoms with van der Waals surface area (Å²) < 4.78 is 19.0. The number of amidine groups is 2. The third kappa shape index (κ3) is 3.36. The van der Waals surface area contributed by atoms with Crippen molar-refractivity contribution in [3.8, 4) is 17.2 Å². The fourth-order valence-corrected chi connectivity index (χ4v) is 5.37. The topological polar surface area (TPSA) is 89.4 Å². The van der Waals surface area contributed by atoms with Gasteiger partial charge in [-0.3, -0.25) is 0 Å². The van der Waals surface area contributed by atoms with Crippen LogP contribution in [0.4, 0.5) is 22.9 Å². The number of ether oxygens (including phenoxy) is 2. The molecule has 190 valence electrons. The molecule has 5 aromatic rings. The van der Waals surface area contributed by atoms with Crippen LogP contribution in [0, 0.1) is 6.92 Å². The molecule has 0 saturated carbocycles. The SMILES string of the molecule is Cc1nn(-c2ccccc2)c2c1C(c1ccco1)N1C(=N2)C(Nc2ccc3c(c2)OCO3)=Nc2ccccc21. The fourth-order valence-electron chi connectivity index (χ4n) is 5.37. The maximum absolute atomic E-state index is 6.04. The van der Waals surface area contributed by atoms with Crippen molar-refractivity contribution in [2.45, 2.75) is 13.0 Å². The van der Waals surface area contributed by atoms with Gasteiger partial charge in [-0.15, -0.1) is 0 Å². The molecule has 3 aliphatic heterocycles. The van der Waals surface area contributed by atoms with E-state index >= 15 is 0 Å². The normalized spacial score (nSPS) is 16.6. The molecular weight excluding hydrogens is 492 g/mol. The lowest BCUT2D eigenvalue weighted by molar-refractivity contribution is 0.174. The third-order valence-electron chi connectivity index (χ3n) is 7.09. The van der Waals surface area contributed by atoms with Gasteiger partial charge in [0.25, 0.3) is 0 Å². The van der Waals surface area contributed by atoms with Crippen LogP contribution in [0.5, 0.6) is 11.5 Å². The zero-order chi connectivity index (χ0) is 25.9. The first kappa shape index (κ1) is 21.7.